The van der Waals surface area contributed by atoms with Crippen LogP contribution < -0.4 is 27.8 Å². The average Bonchev–Trinajstić information content (AvgIpc) is 3.35. The van der Waals surface area contributed by atoms with E-state index in [9.17, 15) is 14.4 Å². The van der Waals surface area contributed by atoms with Crippen molar-refractivity contribution >= 4 is 55.7 Å². The molecule has 2 aromatic carbocycles. The Bertz CT molecular complexity index is 1450. The molecule has 0 bridgehead atoms. The van der Waals surface area contributed by atoms with Crippen molar-refractivity contribution in [3.05, 3.63) is 71.7 Å². The van der Waals surface area contributed by atoms with Crippen LogP contribution in [0.3, 0.4) is 0 Å². The highest BCUT2D eigenvalue weighted by Crippen LogP contribution is 2.27. The van der Waals surface area contributed by atoms with E-state index in [4.69, 9.17) is 17.2 Å². The third-order valence-corrected chi connectivity index (χ3v) is 7.37. The molecular weight excluding hydrogens is 514 g/mol. The number of carbonyl (C=O) groups excluding carboxylic acids is 3. The Labute approximate surface area is 230 Å². The van der Waals surface area contributed by atoms with Gasteiger partial charge in [-0.1, -0.05) is 36.4 Å². The van der Waals surface area contributed by atoms with Gasteiger partial charge < -0.3 is 32.7 Å². The minimum Gasteiger partial charge on any atom is -0.343 e. The summed E-state index contributed by atoms with van der Waals surface area (Å²) in [6.07, 6.45) is 1.60. The molecule has 0 radical (unpaired) electrons. The van der Waals surface area contributed by atoms with Crippen LogP contribution in [0, 0.1) is 0 Å². The fourth-order valence-corrected chi connectivity index (χ4v) is 5.33. The summed E-state index contributed by atoms with van der Waals surface area (Å²) >= 11 is 1.57. The van der Waals surface area contributed by atoms with E-state index in [2.05, 4.69) is 15.6 Å². The van der Waals surface area contributed by atoms with E-state index in [-0.39, 0.29) is 31.8 Å². The number of nitrogens with zero attached hydrogens (tertiary/aromatic N) is 2. The zero-order valence-corrected chi connectivity index (χ0v) is 22.3. The molecular formula is C28H33N7O3S. The molecule has 39 heavy (non-hydrogen) atoms. The Morgan fingerprint density at radius 2 is 1.69 bits per heavy atom. The van der Waals surface area contributed by atoms with Crippen molar-refractivity contribution < 1.29 is 14.4 Å². The van der Waals surface area contributed by atoms with E-state index < -0.39 is 23.9 Å². The molecule has 2 aromatic heterocycles. The van der Waals surface area contributed by atoms with Crippen LogP contribution in [0.15, 0.2) is 66.2 Å². The number of anilines is 1. The molecule has 10 nitrogen and oxygen atoms in total. The lowest BCUT2D eigenvalue weighted by Gasteiger charge is -2.24. The van der Waals surface area contributed by atoms with E-state index in [0.717, 1.165) is 26.6 Å². The molecule has 0 aliphatic heterocycles. The molecule has 4 aromatic rings. The van der Waals surface area contributed by atoms with Crippen LogP contribution in [-0.4, -0.2) is 65.9 Å². The number of nitrogens with one attached hydrogen (secondary N) is 2. The summed E-state index contributed by atoms with van der Waals surface area (Å²) in [6.45, 7) is 1.18. The van der Waals surface area contributed by atoms with Crippen LogP contribution in [-0.2, 0) is 20.8 Å². The monoisotopic (exact) mass is 547 g/mol. The standard InChI is InChI=1S/C28H33N7O3S/c29-9-11-35(12-10-30)26(36)15-22(31)27(37)34-24(14-19-17-39-25-8-4-2-6-21(19)25)28(38)33-20-13-18-5-1-3-7-23(18)32-16-20/h1-8,13,16-17,22,24H,9-12,14-15,29-31H2,(H,33,38)(H,34,37). The highest BCUT2D eigenvalue weighted by Gasteiger charge is 2.27. The first kappa shape index (κ1) is 28.1. The van der Waals surface area contributed by atoms with E-state index in [1.165, 1.54) is 4.90 Å². The molecule has 0 aliphatic carbocycles. The molecule has 0 fully saturated rings. The van der Waals surface area contributed by atoms with Gasteiger partial charge in [-0.2, -0.15) is 0 Å². The summed E-state index contributed by atoms with van der Waals surface area (Å²) in [5.41, 5.74) is 19.5. The van der Waals surface area contributed by atoms with Gasteiger partial charge >= 0.3 is 0 Å². The Balaban J connectivity index is 1.52. The van der Waals surface area contributed by atoms with E-state index in [1.807, 2.05) is 60.0 Å². The van der Waals surface area contributed by atoms with Crippen LogP contribution in [0.5, 0.6) is 0 Å². The minimum absolute atomic E-state index is 0.226. The van der Waals surface area contributed by atoms with Crippen LogP contribution in [0.2, 0.25) is 0 Å². The summed E-state index contributed by atoms with van der Waals surface area (Å²) in [5.74, 6) is -1.33. The molecule has 0 aliphatic rings. The summed E-state index contributed by atoms with van der Waals surface area (Å²) in [4.78, 5) is 45.1. The van der Waals surface area contributed by atoms with Crippen molar-refractivity contribution in [2.45, 2.75) is 24.9 Å². The first-order valence-corrected chi connectivity index (χ1v) is 13.6. The number of pyridine rings is 1. The normalized spacial score (nSPS) is 12.7. The molecule has 3 amide bonds. The summed E-state index contributed by atoms with van der Waals surface area (Å²) in [6, 6.07) is 15.2. The summed E-state index contributed by atoms with van der Waals surface area (Å²) < 4.78 is 1.08. The predicted molar refractivity (Wildman–Crippen MR) is 155 cm³/mol. The second kappa shape index (κ2) is 13.3. The highest BCUT2D eigenvalue weighted by atomic mass is 32.1. The third-order valence-electron chi connectivity index (χ3n) is 6.36. The second-order valence-corrected chi connectivity index (χ2v) is 10.1. The lowest BCUT2D eigenvalue weighted by molar-refractivity contribution is -0.134. The average molecular weight is 548 g/mol. The number of thiophene rings is 1. The number of hydrogen-bond donors (Lipinski definition) is 5. The third kappa shape index (κ3) is 7.15. The van der Waals surface area contributed by atoms with E-state index in [1.54, 1.807) is 17.5 Å². The molecule has 2 heterocycles. The van der Waals surface area contributed by atoms with Gasteiger partial charge in [0.1, 0.15) is 6.04 Å². The van der Waals surface area contributed by atoms with Gasteiger partial charge in [-0.05, 0) is 34.5 Å². The zero-order valence-electron chi connectivity index (χ0n) is 21.5. The first-order chi connectivity index (χ1) is 18.9. The van der Waals surface area contributed by atoms with E-state index >= 15 is 0 Å². The van der Waals surface area contributed by atoms with Crippen molar-refractivity contribution in [2.75, 3.05) is 31.5 Å². The second-order valence-electron chi connectivity index (χ2n) is 9.20. The largest absolute Gasteiger partial charge is 0.343 e. The molecule has 0 saturated carbocycles. The number of nitrogens with two attached hydrogens (primary N) is 3. The molecule has 11 heteroatoms. The molecule has 204 valence electrons. The van der Waals surface area contributed by atoms with Gasteiger partial charge in [0, 0.05) is 42.7 Å². The van der Waals surface area contributed by atoms with Crippen molar-refractivity contribution in [3.63, 3.8) is 0 Å². The van der Waals surface area contributed by atoms with Gasteiger partial charge in [0.15, 0.2) is 0 Å². The maximum absolute atomic E-state index is 13.5. The topological polar surface area (TPSA) is 169 Å². The Morgan fingerprint density at radius 3 is 2.46 bits per heavy atom. The highest BCUT2D eigenvalue weighted by molar-refractivity contribution is 7.17. The fraction of sp³-hybridized carbons (Fsp3) is 0.286. The zero-order chi connectivity index (χ0) is 27.8. The van der Waals surface area contributed by atoms with Crippen LogP contribution >= 0.6 is 11.3 Å². The first-order valence-electron chi connectivity index (χ1n) is 12.7. The lowest BCUT2D eigenvalue weighted by atomic mass is 10.0. The maximum atomic E-state index is 13.5. The molecule has 4 rings (SSSR count). The number of fused-ring (bicyclic) bond motifs is 2. The maximum Gasteiger partial charge on any atom is 0.247 e. The van der Waals surface area contributed by atoms with Crippen molar-refractivity contribution in [1.29, 1.82) is 0 Å². The van der Waals surface area contributed by atoms with E-state index in [0.29, 0.717) is 18.8 Å². The van der Waals surface area contributed by atoms with Crippen molar-refractivity contribution in [1.82, 2.24) is 15.2 Å². The predicted octanol–water partition coefficient (Wildman–Crippen LogP) is 1.58. The fourth-order valence-electron chi connectivity index (χ4n) is 4.35. The van der Waals surface area contributed by atoms with Crippen LogP contribution in [0.25, 0.3) is 21.0 Å². The van der Waals surface area contributed by atoms with Crippen molar-refractivity contribution in [3.8, 4) is 0 Å². The number of para-hydroxylation sites is 1. The van der Waals surface area contributed by atoms with Gasteiger partial charge in [0.2, 0.25) is 17.7 Å². The molecule has 8 N–H and O–H groups in total. The summed E-state index contributed by atoms with van der Waals surface area (Å²) in [5, 5.41) is 9.52. The molecule has 2 atom stereocenters. The number of aromatic nitrogens is 1. The number of rotatable bonds is 12. The Morgan fingerprint density at radius 1 is 0.974 bits per heavy atom. The van der Waals surface area contributed by atoms with Gasteiger partial charge in [-0.15, -0.1) is 11.3 Å². The van der Waals surface area contributed by atoms with Gasteiger partial charge in [0.05, 0.1) is 29.9 Å². The number of benzene rings is 2. The number of amides is 3. The molecule has 0 spiro atoms. The Hall–Kier alpha value is -3.90. The smallest absolute Gasteiger partial charge is 0.247 e. The molecule has 2 unspecified atom stereocenters. The summed E-state index contributed by atoms with van der Waals surface area (Å²) in [7, 11) is 0. The van der Waals surface area contributed by atoms with Gasteiger partial charge in [-0.25, -0.2) is 0 Å². The SMILES string of the molecule is NCCN(CCN)C(=O)CC(N)C(=O)NC(Cc1csc2ccccc12)C(=O)Nc1cnc2ccccc2c1. The van der Waals surface area contributed by atoms with Crippen molar-refractivity contribution in [2.24, 2.45) is 17.2 Å². The van der Waals surface area contributed by atoms with Gasteiger partial charge in [-0.3, -0.25) is 19.4 Å². The van der Waals surface area contributed by atoms with Gasteiger partial charge in [0.25, 0.3) is 0 Å². The number of carbonyl (C=O) groups is 3. The quantitative estimate of drug-likeness (QED) is 0.179. The number of hydrogen-bond acceptors (Lipinski definition) is 8. The van der Waals surface area contributed by atoms with Crippen LogP contribution in [0.1, 0.15) is 12.0 Å². The minimum atomic E-state index is -1.15. The lowest BCUT2D eigenvalue weighted by Crippen LogP contribution is -2.52. The molecule has 0 saturated heterocycles. The Kier molecular flexibility index (Phi) is 9.55. The van der Waals surface area contributed by atoms with Crippen LogP contribution in [0.4, 0.5) is 5.69 Å².